The summed E-state index contributed by atoms with van der Waals surface area (Å²) < 4.78 is 24.4. The number of benzene rings is 3. The van der Waals surface area contributed by atoms with Crippen LogP contribution in [0.4, 0.5) is 4.39 Å². The summed E-state index contributed by atoms with van der Waals surface area (Å²) in [6, 6.07) is 21.7. The highest BCUT2D eigenvalue weighted by Gasteiger charge is 2.23. The number of nitrogens with one attached hydrogen (secondary N) is 1. The largest absolute Gasteiger partial charge is 0.489 e. The number of carbonyl (C=O) groups excluding carboxylic acids is 2. The number of esters is 1. The number of ether oxygens (including phenoxy) is 2. The molecule has 1 atom stereocenters. The number of hydrogen-bond acceptors (Lipinski definition) is 4. The van der Waals surface area contributed by atoms with E-state index in [2.05, 4.69) is 5.32 Å². The average Bonchev–Trinajstić information content (AvgIpc) is 2.78. The van der Waals surface area contributed by atoms with Crippen molar-refractivity contribution in [2.24, 2.45) is 0 Å². The van der Waals surface area contributed by atoms with Crippen molar-refractivity contribution in [3.8, 4) is 5.75 Å². The van der Waals surface area contributed by atoms with Crippen LogP contribution in [0.1, 0.15) is 21.5 Å². The van der Waals surface area contributed by atoms with E-state index in [1.807, 2.05) is 42.5 Å². The van der Waals surface area contributed by atoms with Crippen LogP contribution < -0.4 is 10.1 Å². The van der Waals surface area contributed by atoms with E-state index in [-0.39, 0.29) is 12.0 Å². The van der Waals surface area contributed by atoms with Gasteiger partial charge in [-0.1, -0.05) is 54.6 Å². The molecule has 0 spiro atoms. The van der Waals surface area contributed by atoms with E-state index in [0.717, 1.165) is 11.1 Å². The van der Waals surface area contributed by atoms with E-state index >= 15 is 0 Å². The molecule has 0 radical (unpaired) electrons. The van der Waals surface area contributed by atoms with Crippen LogP contribution in [-0.4, -0.2) is 25.0 Å². The minimum absolute atomic E-state index is 0.129. The average molecular weight is 407 g/mol. The molecule has 3 aromatic carbocycles. The van der Waals surface area contributed by atoms with Crippen LogP contribution in [-0.2, 0) is 22.6 Å². The molecule has 30 heavy (non-hydrogen) atoms. The molecule has 0 unspecified atom stereocenters. The minimum atomic E-state index is -0.946. The molecule has 0 aromatic heterocycles. The van der Waals surface area contributed by atoms with Crippen molar-refractivity contribution >= 4 is 11.9 Å². The fourth-order valence-corrected chi connectivity index (χ4v) is 2.92. The summed E-state index contributed by atoms with van der Waals surface area (Å²) in [5.41, 5.74) is 1.73. The van der Waals surface area contributed by atoms with Crippen molar-refractivity contribution in [3.63, 3.8) is 0 Å². The molecule has 0 aliphatic heterocycles. The first-order valence-electron chi connectivity index (χ1n) is 9.45. The van der Waals surface area contributed by atoms with Crippen molar-refractivity contribution in [3.05, 3.63) is 101 Å². The Morgan fingerprint density at radius 1 is 0.900 bits per heavy atom. The van der Waals surface area contributed by atoms with Gasteiger partial charge in [-0.25, -0.2) is 9.18 Å². The Hall–Kier alpha value is -3.67. The SMILES string of the molecule is COC(=O)[C@@H](Cc1ccc(OCc2ccccc2)cc1)NC(=O)c1ccccc1F. The smallest absolute Gasteiger partial charge is 0.328 e. The Balaban J connectivity index is 1.64. The predicted molar refractivity (Wildman–Crippen MR) is 111 cm³/mol. The number of halogens is 1. The highest BCUT2D eigenvalue weighted by atomic mass is 19.1. The van der Waals surface area contributed by atoms with Gasteiger partial charge in [-0.05, 0) is 35.4 Å². The standard InChI is InChI=1S/C24H22FNO4/c1-29-24(28)22(26-23(27)20-9-5-6-10-21(20)25)15-17-11-13-19(14-12-17)30-16-18-7-3-2-4-8-18/h2-14,22H,15-16H2,1H3,(H,26,27)/t22-/m1/s1. The van der Waals surface area contributed by atoms with E-state index in [9.17, 15) is 14.0 Å². The normalized spacial score (nSPS) is 11.4. The van der Waals surface area contributed by atoms with Crippen molar-refractivity contribution in [2.75, 3.05) is 7.11 Å². The van der Waals surface area contributed by atoms with Crippen LogP contribution in [0, 0.1) is 5.82 Å². The summed E-state index contributed by atoms with van der Waals surface area (Å²) in [5.74, 6) is -1.25. The zero-order chi connectivity index (χ0) is 21.3. The summed E-state index contributed by atoms with van der Waals surface area (Å²) in [6.07, 6.45) is 0.200. The molecule has 0 bridgehead atoms. The number of carbonyl (C=O) groups is 2. The second-order valence-electron chi connectivity index (χ2n) is 6.65. The lowest BCUT2D eigenvalue weighted by Gasteiger charge is -2.17. The number of rotatable bonds is 8. The van der Waals surface area contributed by atoms with Crippen molar-refractivity contribution < 1.29 is 23.5 Å². The van der Waals surface area contributed by atoms with E-state index in [1.165, 1.54) is 25.3 Å². The fraction of sp³-hybridized carbons (Fsp3) is 0.167. The molecule has 0 saturated heterocycles. The molecular weight excluding hydrogens is 385 g/mol. The minimum Gasteiger partial charge on any atom is -0.489 e. The highest BCUT2D eigenvalue weighted by molar-refractivity contribution is 5.97. The molecule has 0 saturated carbocycles. The van der Waals surface area contributed by atoms with Crippen LogP contribution in [0.25, 0.3) is 0 Å². The van der Waals surface area contributed by atoms with E-state index in [1.54, 1.807) is 18.2 Å². The third-order valence-electron chi connectivity index (χ3n) is 4.52. The van der Waals surface area contributed by atoms with E-state index in [0.29, 0.717) is 12.4 Å². The first-order chi connectivity index (χ1) is 14.6. The van der Waals surface area contributed by atoms with Gasteiger partial charge in [-0.15, -0.1) is 0 Å². The lowest BCUT2D eigenvalue weighted by molar-refractivity contribution is -0.142. The van der Waals surface area contributed by atoms with Gasteiger partial charge in [0.1, 0.15) is 24.2 Å². The molecule has 0 aliphatic rings. The summed E-state index contributed by atoms with van der Waals surface area (Å²) in [6.45, 7) is 0.448. The van der Waals surface area contributed by atoms with Crippen molar-refractivity contribution in [1.29, 1.82) is 0 Å². The quantitative estimate of drug-likeness (QED) is 0.575. The van der Waals surface area contributed by atoms with Gasteiger partial charge in [-0.3, -0.25) is 4.79 Å². The Bertz CT molecular complexity index is 990. The maximum atomic E-state index is 13.8. The Morgan fingerprint density at radius 3 is 2.23 bits per heavy atom. The van der Waals surface area contributed by atoms with Gasteiger partial charge in [-0.2, -0.15) is 0 Å². The second kappa shape index (κ2) is 10.2. The van der Waals surface area contributed by atoms with Gasteiger partial charge in [0.2, 0.25) is 0 Å². The molecule has 0 aliphatic carbocycles. The van der Waals surface area contributed by atoms with Crippen LogP contribution in [0.15, 0.2) is 78.9 Å². The van der Waals surface area contributed by atoms with Crippen LogP contribution >= 0.6 is 0 Å². The van der Waals surface area contributed by atoms with Crippen LogP contribution in [0.5, 0.6) is 5.75 Å². The Morgan fingerprint density at radius 2 is 1.57 bits per heavy atom. The number of amides is 1. The molecular formula is C24H22FNO4. The maximum Gasteiger partial charge on any atom is 0.328 e. The van der Waals surface area contributed by atoms with Gasteiger partial charge >= 0.3 is 5.97 Å². The topological polar surface area (TPSA) is 64.6 Å². The lowest BCUT2D eigenvalue weighted by Crippen LogP contribution is -2.43. The summed E-state index contributed by atoms with van der Waals surface area (Å²) >= 11 is 0. The fourth-order valence-electron chi connectivity index (χ4n) is 2.92. The summed E-state index contributed by atoms with van der Waals surface area (Å²) in [5, 5.41) is 2.55. The van der Waals surface area contributed by atoms with E-state index < -0.39 is 23.7 Å². The van der Waals surface area contributed by atoms with Gasteiger partial charge in [0.25, 0.3) is 5.91 Å². The summed E-state index contributed by atoms with van der Waals surface area (Å²) in [4.78, 5) is 24.5. The first-order valence-corrected chi connectivity index (χ1v) is 9.45. The molecule has 0 heterocycles. The first kappa shape index (κ1) is 21.0. The molecule has 3 rings (SSSR count). The second-order valence-corrected chi connectivity index (χ2v) is 6.65. The van der Waals surface area contributed by atoms with Gasteiger partial charge < -0.3 is 14.8 Å². The third kappa shape index (κ3) is 5.67. The van der Waals surface area contributed by atoms with Gasteiger partial charge in [0.15, 0.2) is 0 Å². The number of hydrogen-bond donors (Lipinski definition) is 1. The van der Waals surface area contributed by atoms with Crippen LogP contribution in [0.2, 0.25) is 0 Å². The monoisotopic (exact) mass is 407 g/mol. The zero-order valence-corrected chi connectivity index (χ0v) is 16.5. The zero-order valence-electron chi connectivity index (χ0n) is 16.5. The molecule has 1 N–H and O–H groups in total. The predicted octanol–water partition coefficient (Wildman–Crippen LogP) is 3.92. The van der Waals surface area contributed by atoms with Crippen molar-refractivity contribution in [2.45, 2.75) is 19.1 Å². The Kier molecular flexibility index (Phi) is 7.16. The molecule has 5 nitrogen and oxygen atoms in total. The molecule has 1 amide bonds. The van der Waals surface area contributed by atoms with E-state index in [4.69, 9.17) is 9.47 Å². The lowest BCUT2D eigenvalue weighted by atomic mass is 10.0. The molecule has 3 aromatic rings. The molecule has 6 heteroatoms. The van der Waals surface area contributed by atoms with Gasteiger partial charge in [0, 0.05) is 6.42 Å². The third-order valence-corrected chi connectivity index (χ3v) is 4.52. The molecule has 0 fully saturated rings. The van der Waals surface area contributed by atoms with Gasteiger partial charge in [0.05, 0.1) is 12.7 Å². The Labute approximate surface area is 174 Å². The number of methoxy groups -OCH3 is 1. The molecule has 154 valence electrons. The van der Waals surface area contributed by atoms with Crippen molar-refractivity contribution in [1.82, 2.24) is 5.32 Å². The highest BCUT2D eigenvalue weighted by Crippen LogP contribution is 2.16. The maximum absolute atomic E-state index is 13.8. The van der Waals surface area contributed by atoms with Crippen LogP contribution in [0.3, 0.4) is 0 Å². The summed E-state index contributed by atoms with van der Waals surface area (Å²) in [7, 11) is 1.24.